The van der Waals surface area contributed by atoms with Crippen molar-refractivity contribution in [1.29, 1.82) is 0 Å². The van der Waals surface area contributed by atoms with Crippen LogP contribution in [0.5, 0.6) is 6.01 Å². The molecule has 1 saturated heterocycles. The van der Waals surface area contributed by atoms with Crippen molar-refractivity contribution in [2.24, 2.45) is 0 Å². The van der Waals surface area contributed by atoms with Gasteiger partial charge in [-0.3, -0.25) is 9.55 Å². The molecule has 5 N–H and O–H groups in total. The minimum atomic E-state index is -4.80. The summed E-state index contributed by atoms with van der Waals surface area (Å²) >= 11 is 0. The number of ether oxygens (including phenoxy) is 3. The van der Waals surface area contributed by atoms with Gasteiger partial charge in [-0.2, -0.15) is 9.97 Å². The number of methoxy groups -OCH3 is 1. The number of anilines is 1. The number of aromatic nitrogens is 4. The highest BCUT2D eigenvalue weighted by atomic mass is 31.2. The average molecular weight is 535 g/mol. The lowest BCUT2D eigenvalue weighted by Crippen LogP contribution is -2.39. The van der Waals surface area contributed by atoms with Gasteiger partial charge >= 0.3 is 13.6 Å². The van der Waals surface area contributed by atoms with Gasteiger partial charge < -0.3 is 44.1 Å². The predicted molar refractivity (Wildman–Crippen MR) is 131 cm³/mol. The van der Waals surface area contributed by atoms with Gasteiger partial charge in [0.15, 0.2) is 17.7 Å². The third-order valence-corrected chi connectivity index (χ3v) is 7.89. The van der Waals surface area contributed by atoms with Crippen LogP contribution >= 0.6 is 7.60 Å². The van der Waals surface area contributed by atoms with E-state index in [1.165, 1.54) is 4.57 Å². The van der Waals surface area contributed by atoms with E-state index in [2.05, 4.69) is 20.3 Å². The Morgan fingerprint density at radius 1 is 1.19 bits per heavy atom. The molecule has 0 amide bonds. The van der Waals surface area contributed by atoms with E-state index in [9.17, 15) is 24.6 Å². The van der Waals surface area contributed by atoms with E-state index in [0.717, 1.165) is 32.8 Å². The molecule has 200 valence electrons. The Bertz CT molecular complexity index is 1260. The van der Waals surface area contributed by atoms with Crippen LogP contribution < -0.4 is 10.1 Å². The third kappa shape index (κ3) is 5.34. The summed E-state index contributed by atoms with van der Waals surface area (Å²) in [5, 5.41) is 25.5. The highest BCUT2D eigenvalue weighted by Crippen LogP contribution is 2.48. The Kier molecular flexibility index (Phi) is 7.46. The summed E-state index contributed by atoms with van der Waals surface area (Å²) in [6.07, 6.45) is 1.75. The molecule has 2 fully saturated rings. The lowest BCUT2D eigenvalue weighted by atomic mass is 10.1. The Hall–Kier alpha value is -2.64. The van der Waals surface area contributed by atoms with Crippen molar-refractivity contribution >= 4 is 24.4 Å². The maximum Gasteiger partial charge on any atom is 0.356 e. The molecule has 37 heavy (non-hydrogen) atoms. The Balaban J connectivity index is 1.49. The smallest absolute Gasteiger partial charge is 0.356 e. The Morgan fingerprint density at radius 2 is 1.97 bits per heavy atom. The lowest BCUT2D eigenvalue weighted by Gasteiger charge is -2.24. The van der Waals surface area contributed by atoms with Crippen LogP contribution in [0.25, 0.3) is 11.0 Å². The number of fused-ring (bicyclic) bond motifs is 1. The van der Waals surface area contributed by atoms with Crippen LogP contribution in [0, 0.1) is 0 Å². The van der Waals surface area contributed by atoms with Crippen LogP contribution in [0.4, 0.5) is 5.82 Å². The molecule has 0 radical (unpaired) electrons. The minimum absolute atomic E-state index is 0.0770. The van der Waals surface area contributed by atoms with Crippen molar-refractivity contribution in [3.05, 3.63) is 42.4 Å². The van der Waals surface area contributed by atoms with E-state index < -0.39 is 38.0 Å². The zero-order valence-corrected chi connectivity index (χ0v) is 21.0. The van der Waals surface area contributed by atoms with Gasteiger partial charge in [0.2, 0.25) is 0 Å². The predicted octanol–water partition coefficient (Wildman–Crippen LogP) is 1.53. The first-order chi connectivity index (χ1) is 17.8. The normalized spacial score (nSPS) is 25.5. The zero-order chi connectivity index (χ0) is 26.2. The maximum atomic E-state index is 11.9. The van der Waals surface area contributed by atoms with Gasteiger partial charge in [0.05, 0.1) is 11.1 Å². The van der Waals surface area contributed by atoms with Crippen molar-refractivity contribution in [1.82, 2.24) is 19.5 Å². The molecule has 5 atom stereocenters. The average Bonchev–Trinajstić information content (AvgIpc) is 3.60. The lowest BCUT2D eigenvalue weighted by molar-refractivity contribution is -0.0759. The van der Waals surface area contributed by atoms with Crippen molar-refractivity contribution in [3.63, 3.8) is 0 Å². The van der Waals surface area contributed by atoms with Gasteiger partial charge in [0.25, 0.3) is 0 Å². The zero-order valence-electron chi connectivity index (χ0n) is 20.1. The highest BCUT2D eigenvalue weighted by Gasteiger charge is 2.52. The number of hydrogen-bond donors (Lipinski definition) is 5. The Labute approximate surface area is 212 Å². The van der Waals surface area contributed by atoms with Crippen LogP contribution in [0.3, 0.4) is 0 Å². The molecule has 1 aliphatic carbocycles. The number of nitrogens with one attached hydrogen (secondary N) is 1. The van der Waals surface area contributed by atoms with Gasteiger partial charge in [0, 0.05) is 25.5 Å². The topological polar surface area (TPSA) is 181 Å². The molecule has 13 nitrogen and oxygen atoms in total. The summed E-state index contributed by atoms with van der Waals surface area (Å²) in [6, 6.07) is 7.54. The van der Waals surface area contributed by atoms with Crippen molar-refractivity contribution in [2.75, 3.05) is 12.4 Å². The molecule has 1 unspecified atom stereocenters. The van der Waals surface area contributed by atoms with E-state index in [1.54, 1.807) is 24.5 Å². The number of hydrogen-bond acceptors (Lipinski definition) is 10. The molecule has 14 heteroatoms. The largest absolute Gasteiger partial charge is 0.457 e. The van der Waals surface area contributed by atoms with Crippen molar-refractivity contribution in [2.45, 2.75) is 68.7 Å². The van der Waals surface area contributed by atoms with Gasteiger partial charge in [-0.25, -0.2) is 0 Å². The second-order valence-electron chi connectivity index (χ2n) is 9.24. The SMILES string of the molecule is COC([C@@H]1O[C@@H](n2ccc3c(NC4CCCC4)nc(OCc4ccccn4)nc32)[C@H](O)[C@@H]1O)P(=O)(O)O. The summed E-state index contributed by atoms with van der Waals surface area (Å²) in [6.45, 7) is 0.136. The summed E-state index contributed by atoms with van der Waals surface area (Å²) in [5.41, 5.74) is 1.05. The van der Waals surface area contributed by atoms with E-state index in [0.29, 0.717) is 22.5 Å². The first kappa shape index (κ1) is 26.0. The number of aliphatic hydroxyl groups is 2. The van der Waals surface area contributed by atoms with Gasteiger partial charge in [-0.15, -0.1) is 0 Å². The molecule has 4 heterocycles. The van der Waals surface area contributed by atoms with Crippen molar-refractivity contribution < 1.29 is 38.8 Å². The van der Waals surface area contributed by atoms with Gasteiger partial charge in [-0.1, -0.05) is 18.9 Å². The maximum absolute atomic E-state index is 11.9. The van der Waals surface area contributed by atoms with E-state index in [4.69, 9.17) is 14.2 Å². The second-order valence-corrected chi connectivity index (χ2v) is 10.9. The molecule has 3 aromatic rings. The molecule has 2 aliphatic rings. The molecule has 0 aromatic carbocycles. The molecule has 1 aliphatic heterocycles. The van der Waals surface area contributed by atoms with Gasteiger partial charge in [-0.05, 0) is 31.0 Å². The van der Waals surface area contributed by atoms with Crippen LogP contribution in [0.15, 0.2) is 36.7 Å². The second kappa shape index (κ2) is 10.6. The fraction of sp³-hybridized carbons (Fsp3) is 0.522. The molecule has 5 rings (SSSR count). The van der Waals surface area contributed by atoms with Crippen LogP contribution in [-0.4, -0.2) is 76.8 Å². The molecule has 1 saturated carbocycles. The third-order valence-electron chi connectivity index (χ3n) is 6.73. The first-order valence-electron chi connectivity index (χ1n) is 12.0. The monoisotopic (exact) mass is 535 g/mol. The van der Waals surface area contributed by atoms with Gasteiger partial charge in [0.1, 0.15) is 30.7 Å². The molecule has 0 spiro atoms. The van der Waals surface area contributed by atoms with Crippen LogP contribution in [-0.2, 0) is 20.6 Å². The first-order valence-corrected chi connectivity index (χ1v) is 13.7. The van der Waals surface area contributed by atoms with Crippen LogP contribution in [0.2, 0.25) is 0 Å². The van der Waals surface area contributed by atoms with E-state index in [-0.39, 0.29) is 18.7 Å². The summed E-state index contributed by atoms with van der Waals surface area (Å²) < 4.78 is 29.9. The molecule has 3 aromatic heterocycles. The number of pyridine rings is 1. The quantitative estimate of drug-likeness (QED) is 0.250. The Morgan fingerprint density at radius 3 is 2.65 bits per heavy atom. The fourth-order valence-corrected chi connectivity index (χ4v) is 5.80. The van der Waals surface area contributed by atoms with E-state index in [1.807, 2.05) is 12.1 Å². The number of rotatable bonds is 9. The fourth-order valence-electron chi connectivity index (χ4n) is 4.89. The molecular weight excluding hydrogens is 505 g/mol. The minimum Gasteiger partial charge on any atom is -0.457 e. The number of nitrogens with zero attached hydrogens (tertiary/aromatic N) is 4. The summed E-state index contributed by atoms with van der Waals surface area (Å²) in [7, 11) is -3.70. The molecule has 0 bridgehead atoms. The highest BCUT2D eigenvalue weighted by molar-refractivity contribution is 7.52. The van der Waals surface area contributed by atoms with Crippen molar-refractivity contribution in [3.8, 4) is 6.01 Å². The van der Waals surface area contributed by atoms with Crippen LogP contribution in [0.1, 0.15) is 37.6 Å². The summed E-state index contributed by atoms with van der Waals surface area (Å²) in [5.74, 6) is -1.20. The van der Waals surface area contributed by atoms with E-state index >= 15 is 0 Å². The standard InChI is InChI=1S/C23H30N5O8P/c1-34-22(37(31,32)33)18-16(29)17(30)21(36-18)28-11-9-15-19(25-13-6-2-3-7-13)26-23(27-20(15)28)35-12-14-8-4-5-10-24-14/h4-5,8-11,13,16-18,21-22,29-30H,2-3,6-7,12H2,1H3,(H,25,26,27)(H2,31,32,33)/t16-,17+,18+,21+,22?/m0/s1. The number of aliphatic hydroxyl groups excluding tert-OH is 2. The molecular formula is C23H30N5O8P. The summed E-state index contributed by atoms with van der Waals surface area (Å²) in [4.78, 5) is 32.7.